The molecule has 0 spiro atoms. The number of hydrogen-bond donors (Lipinski definition) is 1. The van der Waals surface area contributed by atoms with Crippen LogP contribution in [0.15, 0.2) is 11.8 Å². The van der Waals surface area contributed by atoms with E-state index in [-0.39, 0.29) is 6.04 Å². The Kier molecular flexibility index (Phi) is 4.03. The van der Waals surface area contributed by atoms with Gasteiger partial charge in [-0.15, -0.1) is 0 Å². The molecule has 1 fully saturated rings. The Morgan fingerprint density at radius 3 is 3.00 bits per heavy atom. The first-order valence-corrected chi connectivity index (χ1v) is 6.06. The van der Waals surface area contributed by atoms with E-state index in [1.165, 1.54) is 19.3 Å². The average molecular weight is 211 g/mol. The van der Waals surface area contributed by atoms with Crippen LogP contribution >= 0.6 is 0 Å². The zero-order valence-corrected chi connectivity index (χ0v) is 9.28. The van der Waals surface area contributed by atoms with Crippen molar-refractivity contribution < 1.29 is 9.47 Å². The van der Waals surface area contributed by atoms with Crippen molar-refractivity contribution in [1.29, 1.82) is 0 Å². The fraction of sp³-hybridized carbons (Fsp3) is 0.833. The third kappa shape index (κ3) is 3.21. The molecule has 2 aliphatic heterocycles. The van der Waals surface area contributed by atoms with Crippen molar-refractivity contribution in [2.45, 2.75) is 50.7 Å². The van der Waals surface area contributed by atoms with Gasteiger partial charge in [-0.05, 0) is 38.2 Å². The van der Waals surface area contributed by atoms with Crippen LogP contribution in [0.2, 0.25) is 0 Å². The van der Waals surface area contributed by atoms with Crippen molar-refractivity contribution in [3.05, 3.63) is 11.8 Å². The number of hydrogen-bond acceptors (Lipinski definition) is 3. The van der Waals surface area contributed by atoms with Gasteiger partial charge in [0.05, 0.1) is 18.8 Å². The van der Waals surface area contributed by atoms with Crippen LogP contribution in [0.25, 0.3) is 0 Å². The molecule has 2 unspecified atom stereocenters. The molecular formula is C12H21NO2. The van der Waals surface area contributed by atoms with Gasteiger partial charge in [-0.3, -0.25) is 0 Å². The zero-order chi connectivity index (χ0) is 10.5. The van der Waals surface area contributed by atoms with Gasteiger partial charge in [-0.2, -0.15) is 0 Å². The van der Waals surface area contributed by atoms with Crippen molar-refractivity contribution in [1.82, 2.24) is 0 Å². The molecule has 0 radical (unpaired) electrons. The average Bonchev–Trinajstić information content (AvgIpc) is 2.81. The molecule has 0 saturated carbocycles. The molecule has 3 heteroatoms. The van der Waals surface area contributed by atoms with Gasteiger partial charge in [-0.25, -0.2) is 0 Å². The molecule has 0 aromatic rings. The molecule has 2 rings (SSSR count). The summed E-state index contributed by atoms with van der Waals surface area (Å²) in [4.78, 5) is 0. The van der Waals surface area contributed by atoms with Gasteiger partial charge in [0.25, 0.3) is 0 Å². The van der Waals surface area contributed by atoms with Gasteiger partial charge in [-0.1, -0.05) is 0 Å². The van der Waals surface area contributed by atoms with E-state index in [0.29, 0.717) is 6.10 Å². The van der Waals surface area contributed by atoms with Gasteiger partial charge in [0.15, 0.2) is 0 Å². The summed E-state index contributed by atoms with van der Waals surface area (Å²) < 4.78 is 11.1. The van der Waals surface area contributed by atoms with Crippen LogP contribution in [0.1, 0.15) is 38.5 Å². The Hall–Kier alpha value is -0.540. The SMILES string of the molecule is NC(CCC1CCCCO1)C1=CCCO1. The number of ether oxygens (including phenoxy) is 2. The fourth-order valence-corrected chi connectivity index (χ4v) is 2.24. The van der Waals surface area contributed by atoms with E-state index in [0.717, 1.165) is 38.2 Å². The van der Waals surface area contributed by atoms with Crippen LogP contribution < -0.4 is 5.73 Å². The minimum Gasteiger partial charge on any atom is -0.496 e. The summed E-state index contributed by atoms with van der Waals surface area (Å²) in [5, 5.41) is 0. The second-order valence-corrected chi connectivity index (χ2v) is 4.42. The minimum atomic E-state index is 0.0815. The van der Waals surface area contributed by atoms with E-state index in [2.05, 4.69) is 6.08 Å². The Labute approximate surface area is 91.6 Å². The summed E-state index contributed by atoms with van der Waals surface area (Å²) in [7, 11) is 0. The molecule has 2 atom stereocenters. The third-order valence-electron chi connectivity index (χ3n) is 3.17. The summed E-state index contributed by atoms with van der Waals surface area (Å²) in [5.41, 5.74) is 6.05. The summed E-state index contributed by atoms with van der Waals surface area (Å²) in [6.07, 6.45) is 9.35. The van der Waals surface area contributed by atoms with Gasteiger partial charge < -0.3 is 15.2 Å². The van der Waals surface area contributed by atoms with Gasteiger partial charge in [0.2, 0.25) is 0 Å². The smallest absolute Gasteiger partial charge is 0.109 e. The molecule has 2 heterocycles. The highest BCUT2D eigenvalue weighted by atomic mass is 16.5. The molecular weight excluding hydrogens is 190 g/mol. The van der Waals surface area contributed by atoms with Gasteiger partial charge in [0.1, 0.15) is 5.76 Å². The lowest BCUT2D eigenvalue weighted by Gasteiger charge is -2.23. The first-order valence-electron chi connectivity index (χ1n) is 6.06. The molecule has 0 amide bonds. The van der Waals surface area contributed by atoms with E-state index >= 15 is 0 Å². The van der Waals surface area contributed by atoms with Crippen molar-refractivity contribution in [2.75, 3.05) is 13.2 Å². The van der Waals surface area contributed by atoms with Crippen molar-refractivity contribution in [3.8, 4) is 0 Å². The van der Waals surface area contributed by atoms with Gasteiger partial charge in [0, 0.05) is 13.0 Å². The minimum absolute atomic E-state index is 0.0815. The van der Waals surface area contributed by atoms with Crippen molar-refractivity contribution >= 4 is 0 Å². The summed E-state index contributed by atoms with van der Waals surface area (Å²) in [5.74, 6) is 0.991. The Bertz CT molecular complexity index is 222. The summed E-state index contributed by atoms with van der Waals surface area (Å²) in [6, 6.07) is 0.0815. The lowest BCUT2D eigenvalue weighted by Crippen LogP contribution is -2.27. The monoisotopic (exact) mass is 211 g/mol. The largest absolute Gasteiger partial charge is 0.496 e. The molecule has 1 saturated heterocycles. The van der Waals surface area contributed by atoms with Crippen LogP contribution in [0, 0.1) is 0 Å². The Morgan fingerprint density at radius 2 is 2.33 bits per heavy atom. The third-order valence-corrected chi connectivity index (χ3v) is 3.17. The van der Waals surface area contributed by atoms with Crippen LogP contribution in [0.3, 0.4) is 0 Å². The Morgan fingerprint density at radius 1 is 1.40 bits per heavy atom. The molecule has 0 aromatic heterocycles. The highest BCUT2D eigenvalue weighted by Gasteiger charge is 2.18. The second kappa shape index (κ2) is 5.52. The lowest BCUT2D eigenvalue weighted by molar-refractivity contribution is 0.00893. The highest BCUT2D eigenvalue weighted by molar-refractivity contribution is 5.05. The van der Waals surface area contributed by atoms with Gasteiger partial charge >= 0.3 is 0 Å². The molecule has 0 bridgehead atoms. The Balaban J connectivity index is 1.67. The van der Waals surface area contributed by atoms with Crippen LogP contribution in [0.5, 0.6) is 0 Å². The topological polar surface area (TPSA) is 44.5 Å². The molecule has 0 aliphatic carbocycles. The van der Waals surface area contributed by atoms with E-state index in [1.54, 1.807) is 0 Å². The molecule has 15 heavy (non-hydrogen) atoms. The maximum Gasteiger partial charge on any atom is 0.109 e. The summed E-state index contributed by atoms with van der Waals surface area (Å²) in [6.45, 7) is 1.74. The van der Waals surface area contributed by atoms with E-state index in [9.17, 15) is 0 Å². The van der Waals surface area contributed by atoms with Crippen LogP contribution in [0.4, 0.5) is 0 Å². The quantitative estimate of drug-likeness (QED) is 0.773. The van der Waals surface area contributed by atoms with E-state index in [4.69, 9.17) is 15.2 Å². The maximum absolute atomic E-state index is 6.05. The lowest BCUT2D eigenvalue weighted by atomic mass is 10.0. The zero-order valence-electron chi connectivity index (χ0n) is 9.28. The molecule has 2 N–H and O–H groups in total. The van der Waals surface area contributed by atoms with E-state index < -0.39 is 0 Å². The van der Waals surface area contributed by atoms with E-state index in [1.807, 2.05) is 0 Å². The fourth-order valence-electron chi connectivity index (χ4n) is 2.24. The highest BCUT2D eigenvalue weighted by Crippen LogP contribution is 2.20. The summed E-state index contributed by atoms with van der Waals surface area (Å²) >= 11 is 0. The second-order valence-electron chi connectivity index (χ2n) is 4.42. The van der Waals surface area contributed by atoms with Crippen LogP contribution in [-0.4, -0.2) is 25.4 Å². The molecule has 86 valence electrons. The predicted octanol–water partition coefficient (Wildman–Crippen LogP) is 1.97. The first-order chi connectivity index (χ1) is 7.36. The molecule has 3 nitrogen and oxygen atoms in total. The predicted molar refractivity (Wildman–Crippen MR) is 59.5 cm³/mol. The standard InChI is InChI=1S/C12H21NO2/c13-11(12-5-3-9-15-12)7-6-10-4-1-2-8-14-10/h5,10-11H,1-4,6-9,13H2. The van der Waals surface area contributed by atoms with Crippen molar-refractivity contribution in [3.63, 3.8) is 0 Å². The maximum atomic E-state index is 6.05. The number of nitrogens with two attached hydrogens (primary N) is 1. The van der Waals surface area contributed by atoms with Crippen LogP contribution in [-0.2, 0) is 9.47 Å². The molecule has 2 aliphatic rings. The normalized spacial score (nSPS) is 28.3. The first kappa shape index (κ1) is 11.0. The number of rotatable bonds is 4. The molecule has 0 aromatic carbocycles. The van der Waals surface area contributed by atoms with Crippen molar-refractivity contribution in [2.24, 2.45) is 5.73 Å².